The molecule has 0 aliphatic heterocycles. The Morgan fingerprint density at radius 1 is 1.00 bits per heavy atom. The van der Waals surface area contributed by atoms with Gasteiger partial charge in [-0.1, -0.05) is 11.6 Å². The lowest BCUT2D eigenvalue weighted by molar-refractivity contribution is -0.138. The Morgan fingerprint density at radius 2 is 1.59 bits per heavy atom. The molecule has 2 heterocycles. The van der Waals surface area contributed by atoms with Crippen LogP contribution in [0.3, 0.4) is 0 Å². The lowest BCUT2D eigenvalue weighted by Crippen LogP contribution is -2.21. The van der Waals surface area contributed by atoms with Crippen LogP contribution < -0.4 is 5.56 Å². The molecule has 0 radical (unpaired) electrons. The SMILES string of the molecule is O=c1cc(C(F)(F)F)ccn1-c1ncc(C(F)(F)F)cc1Cl. The molecular weight excluding hydrogens is 338 g/mol. The number of alkyl halides is 6. The monoisotopic (exact) mass is 342 g/mol. The molecule has 0 unspecified atom stereocenters. The molecule has 0 atom stereocenters. The summed E-state index contributed by atoms with van der Waals surface area (Å²) in [5, 5.41) is -0.517. The van der Waals surface area contributed by atoms with E-state index in [0.717, 1.165) is 6.20 Å². The molecular formula is C12H5ClF6N2O. The molecule has 22 heavy (non-hydrogen) atoms. The van der Waals surface area contributed by atoms with Gasteiger partial charge in [0.05, 0.1) is 16.1 Å². The van der Waals surface area contributed by atoms with Gasteiger partial charge >= 0.3 is 12.4 Å². The largest absolute Gasteiger partial charge is 0.417 e. The van der Waals surface area contributed by atoms with E-state index in [0.29, 0.717) is 29.0 Å². The molecule has 0 saturated carbocycles. The maximum atomic E-state index is 12.5. The Labute approximate surface area is 123 Å². The molecule has 0 saturated heterocycles. The van der Waals surface area contributed by atoms with E-state index in [1.807, 2.05) is 0 Å². The average molecular weight is 343 g/mol. The summed E-state index contributed by atoms with van der Waals surface area (Å²) in [7, 11) is 0. The first-order valence-corrected chi connectivity index (χ1v) is 5.91. The molecule has 0 amide bonds. The molecule has 10 heteroatoms. The number of halogens is 7. The minimum Gasteiger partial charge on any atom is -0.269 e. The third-order valence-electron chi connectivity index (χ3n) is 2.62. The third-order valence-corrected chi connectivity index (χ3v) is 2.90. The summed E-state index contributed by atoms with van der Waals surface area (Å²) in [5.41, 5.74) is -3.44. The van der Waals surface area contributed by atoms with Crippen LogP contribution in [0.25, 0.3) is 5.82 Å². The Balaban J connectivity index is 2.52. The Hall–Kier alpha value is -2.03. The molecule has 3 nitrogen and oxygen atoms in total. The summed E-state index contributed by atoms with van der Waals surface area (Å²) in [6.07, 6.45) is -8.21. The average Bonchev–Trinajstić information content (AvgIpc) is 2.37. The van der Waals surface area contributed by atoms with Crippen molar-refractivity contribution in [3.8, 4) is 5.82 Å². The van der Waals surface area contributed by atoms with Gasteiger partial charge in [0.25, 0.3) is 5.56 Å². The Bertz CT molecular complexity index is 765. The van der Waals surface area contributed by atoms with Crippen molar-refractivity contribution >= 4 is 11.6 Å². The highest BCUT2D eigenvalue weighted by molar-refractivity contribution is 6.32. The van der Waals surface area contributed by atoms with Gasteiger partial charge in [-0.05, 0) is 12.1 Å². The zero-order chi connectivity index (χ0) is 16.7. The number of hydrogen-bond donors (Lipinski definition) is 0. The molecule has 0 aliphatic rings. The van der Waals surface area contributed by atoms with E-state index < -0.39 is 39.9 Å². The second-order valence-electron chi connectivity index (χ2n) is 4.15. The summed E-state index contributed by atoms with van der Waals surface area (Å²) < 4.78 is 75.4. The molecule has 2 aromatic heterocycles. The first-order valence-electron chi connectivity index (χ1n) is 5.53. The first-order chi connectivity index (χ1) is 10.00. The molecule has 2 aromatic rings. The van der Waals surface area contributed by atoms with Gasteiger partial charge in [0.2, 0.25) is 0 Å². The number of nitrogens with zero attached hydrogens (tertiary/aromatic N) is 2. The molecule has 0 spiro atoms. The molecule has 118 valence electrons. The van der Waals surface area contributed by atoms with Crippen LogP contribution in [0.4, 0.5) is 26.3 Å². The van der Waals surface area contributed by atoms with E-state index in [1.54, 1.807) is 0 Å². The highest BCUT2D eigenvalue weighted by atomic mass is 35.5. The first kappa shape index (κ1) is 16.3. The van der Waals surface area contributed by atoms with Crippen LogP contribution in [-0.4, -0.2) is 9.55 Å². The topological polar surface area (TPSA) is 34.9 Å². The van der Waals surface area contributed by atoms with Crippen molar-refractivity contribution < 1.29 is 26.3 Å². The van der Waals surface area contributed by atoms with E-state index in [2.05, 4.69) is 4.98 Å². The highest BCUT2D eigenvalue weighted by Gasteiger charge is 2.33. The van der Waals surface area contributed by atoms with Crippen molar-refractivity contribution in [2.24, 2.45) is 0 Å². The van der Waals surface area contributed by atoms with Gasteiger partial charge < -0.3 is 0 Å². The Kier molecular flexibility index (Phi) is 3.94. The van der Waals surface area contributed by atoms with Crippen LogP contribution in [0.1, 0.15) is 11.1 Å². The van der Waals surface area contributed by atoms with Crippen LogP contribution in [-0.2, 0) is 12.4 Å². The van der Waals surface area contributed by atoms with Crippen LogP contribution in [0.2, 0.25) is 5.02 Å². The zero-order valence-corrected chi connectivity index (χ0v) is 11.1. The minimum atomic E-state index is -4.71. The van der Waals surface area contributed by atoms with Gasteiger partial charge in [-0.3, -0.25) is 9.36 Å². The number of pyridine rings is 2. The number of hydrogen-bond acceptors (Lipinski definition) is 2. The standard InChI is InChI=1S/C12H5ClF6N2O/c13-8-3-7(12(17,18)19)5-20-10(8)21-2-1-6(4-9(21)22)11(14,15)16/h1-5H. The fraction of sp³-hybridized carbons (Fsp3) is 0.167. The molecule has 2 rings (SSSR count). The third kappa shape index (κ3) is 3.24. The smallest absolute Gasteiger partial charge is 0.269 e. The van der Waals surface area contributed by atoms with Gasteiger partial charge in [-0.25, -0.2) is 4.98 Å². The lowest BCUT2D eigenvalue weighted by Gasteiger charge is -2.12. The summed E-state index contributed by atoms with van der Waals surface area (Å²) in [6.45, 7) is 0. The van der Waals surface area contributed by atoms with E-state index >= 15 is 0 Å². The van der Waals surface area contributed by atoms with E-state index in [1.165, 1.54) is 0 Å². The van der Waals surface area contributed by atoms with Gasteiger partial charge in [0, 0.05) is 18.5 Å². The normalized spacial score (nSPS) is 12.5. The van der Waals surface area contributed by atoms with E-state index in [9.17, 15) is 31.1 Å². The van der Waals surface area contributed by atoms with Crippen LogP contribution >= 0.6 is 11.6 Å². The van der Waals surface area contributed by atoms with Crippen molar-refractivity contribution in [3.05, 3.63) is 57.1 Å². The Morgan fingerprint density at radius 3 is 2.05 bits per heavy atom. The fourth-order valence-electron chi connectivity index (χ4n) is 1.59. The predicted octanol–water partition coefficient (Wildman–Crippen LogP) is 3.92. The van der Waals surface area contributed by atoms with Gasteiger partial charge in [0.15, 0.2) is 5.82 Å². The minimum absolute atomic E-state index is 0.301. The maximum Gasteiger partial charge on any atom is 0.417 e. The van der Waals surface area contributed by atoms with Crippen LogP contribution in [0, 0.1) is 0 Å². The van der Waals surface area contributed by atoms with Crippen molar-refractivity contribution in [2.45, 2.75) is 12.4 Å². The lowest BCUT2D eigenvalue weighted by atomic mass is 10.2. The van der Waals surface area contributed by atoms with Gasteiger partial charge in [-0.15, -0.1) is 0 Å². The number of rotatable bonds is 1. The van der Waals surface area contributed by atoms with Gasteiger partial charge in [0.1, 0.15) is 0 Å². The highest BCUT2D eigenvalue weighted by Crippen LogP contribution is 2.32. The zero-order valence-electron chi connectivity index (χ0n) is 10.3. The molecule has 0 bridgehead atoms. The second-order valence-corrected chi connectivity index (χ2v) is 4.56. The molecule has 0 N–H and O–H groups in total. The van der Waals surface area contributed by atoms with Crippen molar-refractivity contribution in [1.82, 2.24) is 9.55 Å². The predicted molar refractivity (Wildman–Crippen MR) is 64.8 cm³/mol. The number of aromatic nitrogens is 2. The summed E-state index contributed by atoms with van der Waals surface area (Å²) in [5.74, 6) is -0.395. The van der Waals surface area contributed by atoms with Gasteiger partial charge in [-0.2, -0.15) is 26.3 Å². The van der Waals surface area contributed by atoms with Crippen molar-refractivity contribution in [1.29, 1.82) is 0 Å². The quantitative estimate of drug-likeness (QED) is 0.736. The summed E-state index contributed by atoms with van der Waals surface area (Å²) in [6, 6.07) is 1.43. The van der Waals surface area contributed by atoms with E-state index in [4.69, 9.17) is 11.6 Å². The van der Waals surface area contributed by atoms with E-state index in [-0.39, 0.29) is 0 Å². The summed E-state index contributed by atoms with van der Waals surface area (Å²) >= 11 is 5.63. The van der Waals surface area contributed by atoms with Crippen molar-refractivity contribution in [2.75, 3.05) is 0 Å². The van der Waals surface area contributed by atoms with Crippen LogP contribution in [0.5, 0.6) is 0 Å². The fourth-order valence-corrected chi connectivity index (χ4v) is 1.85. The second kappa shape index (κ2) is 5.31. The molecule has 0 aromatic carbocycles. The van der Waals surface area contributed by atoms with Crippen molar-refractivity contribution in [3.63, 3.8) is 0 Å². The summed E-state index contributed by atoms with van der Waals surface area (Å²) in [4.78, 5) is 15.1. The van der Waals surface area contributed by atoms with Crippen LogP contribution in [0.15, 0.2) is 35.4 Å². The molecule has 0 aliphatic carbocycles. The maximum absolute atomic E-state index is 12.5. The molecule has 0 fully saturated rings.